The quantitative estimate of drug-likeness (QED) is 0.814. The van der Waals surface area contributed by atoms with Gasteiger partial charge in [-0.1, -0.05) is 20.8 Å². The van der Waals surface area contributed by atoms with Crippen molar-refractivity contribution >= 4 is 0 Å². The van der Waals surface area contributed by atoms with Crippen molar-refractivity contribution in [3.8, 4) is 11.4 Å². The summed E-state index contributed by atoms with van der Waals surface area (Å²) in [6, 6.07) is 1.76. The fourth-order valence-electron chi connectivity index (χ4n) is 2.63. The van der Waals surface area contributed by atoms with Gasteiger partial charge in [-0.05, 0) is 36.5 Å². The number of phenolic OH excluding ortho intramolecular Hbond substituents is 1. The zero-order valence-corrected chi connectivity index (χ0v) is 14.1. The fourth-order valence-corrected chi connectivity index (χ4v) is 2.63. The number of aromatic hydroxyl groups is 1. The van der Waals surface area contributed by atoms with Crippen molar-refractivity contribution in [2.45, 2.75) is 40.0 Å². The van der Waals surface area contributed by atoms with Gasteiger partial charge in [0.05, 0.1) is 5.69 Å². The normalized spacial score (nSPS) is 11.7. The highest BCUT2D eigenvalue weighted by Gasteiger charge is 2.24. The summed E-state index contributed by atoms with van der Waals surface area (Å²) in [5.74, 6) is 0.0400. The lowest BCUT2D eigenvalue weighted by Gasteiger charge is -2.24. The summed E-state index contributed by atoms with van der Waals surface area (Å²) in [5, 5.41) is 10.5. The van der Waals surface area contributed by atoms with E-state index in [9.17, 15) is 19.5 Å². The third-order valence-corrected chi connectivity index (χ3v) is 3.93. The molecule has 0 saturated carbocycles. The summed E-state index contributed by atoms with van der Waals surface area (Å²) in [6.45, 7) is 9.29. The van der Waals surface area contributed by atoms with Crippen LogP contribution in [0.3, 0.4) is 0 Å². The van der Waals surface area contributed by atoms with Crippen LogP contribution in [0.5, 0.6) is 5.75 Å². The Morgan fingerprint density at radius 1 is 1.09 bits per heavy atom. The van der Waals surface area contributed by atoms with Crippen LogP contribution < -0.4 is 17.1 Å². The molecule has 0 atom stereocenters. The molecule has 1 aromatic carbocycles. The number of aromatic nitrogens is 3. The van der Waals surface area contributed by atoms with Crippen LogP contribution in [0.4, 0.5) is 0 Å². The van der Waals surface area contributed by atoms with Gasteiger partial charge in [0.25, 0.3) is 0 Å². The minimum absolute atomic E-state index is 0.0400. The van der Waals surface area contributed by atoms with Crippen molar-refractivity contribution in [3.63, 3.8) is 0 Å². The van der Waals surface area contributed by atoms with E-state index in [2.05, 4.69) is 4.98 Å². The Balaban J connectivity index is 2.96. The Morgan fingerprint density at radius 3 is 2.17 bits per heavy atom. The monoisotopic (exact) mass is 319 g/mol. The summed E-state index contributed by atoms with van der Waals surface area (Å²) in [5.41, 5.74) is -0.554. The molecule has 7 nitrogen and oxygen atoms in total. The average Bonchev–Trinajstić information content (AvgIpc) is 2.42. The van der Waals surface area contributed by atoms with Gasteiger partial charge in [0.15, 0.2) is 0 Å². The van der Waals surface area contributed by atoms with Crippen molar-refractivity contribution in [2.75, 3.05) is 0 Å². The van der Waals surface area contributed by atoms with Crippen molar-refractivity contribution in [1.29, 1.82) is 0 Å². The van der Waals surface area contributed by atoms with Gasteiger partial charge in [-0.3, -0.25) is 4.98 Å². The predicted molar refractivity (Wildman–Crippen MR) is 87.7 cm³/mol. The molecule has 0 amide bonds. The second kappa shape index (κ2) is 5.26. The molecule has 1 heterocycles. The highest BCUT2D eigenvalue weighted by molar-refractivity contribution is 5.58. The molecule has 2 aromatic rings. The summed E-state index contributed by atoms with van der Waals surface area (Å²) >= 11 is 0. The van der Waals surface area contributed by atoms with Crippen LogP contribution in [0.1, 0.15) is 37.5 Å². The van der Waals surface area contributed by atoms with E-state index < -0.39 is 17.1 Å². The lowest BCUT2D eigenvalue weighted by Crippen LogP contribution is -2.48. The van der Waals surface area contributed by atoms with E-state index in [0.29, 0.717) is 11.1 Å². The largest absolute Gasteiger partial charge is 0.507 e. The van der Waals surface area contributed by atoms with Crippen molar-refractivity contribution in [2.24, 2.45) is 7.05 Å². The molecular weight excluding hydrogens is 298 g/mol. The number of hydrogen-bond donors (Lipinski definition) is 2. The highest BCUT2D eigenvalue weighted by atomic mass is 16.3. The first-order chi connectivity index (χ1) is 10.5. The van der Waals surface area contributed by atoms with Gasteiger partial charge in [-0.25, -0.2) is 23.5 Å². The molecule has 0 fully saturated rings. The number of aryl methyl sites for hydroxylation is 1. The van der Waals surface area contributed by atoms with E-state index in [1.54, 1.807) is 19.9 Å². The van der Waals surface area contributed by atoms with Gasteiger partial charge >= 0.3 is 17.1 Å². The van der Waals surface area contributed by atoms with Crippen LogP contribution in [0.2, 0.25) is 0 Å². The Bertz CT molecular complexity index is 955. The van der Waals surface area contributed by atoms with Gasteiger partial charge in [0.1, 0.15) is 5.75 Å². The van der Waals surface area contributed by atoms with Crippen molar-refractivity contribution < 1.29 is 5.11 Å². The fraction of sp³-hybridized carbons (Fsp3) is 0.438. The number of rotatable bonds is 1. The topological polar surface area (TPSA) is 97.1 Å². The van der Waals surface area contributed by atoms with Crippen LogP contribution in [0.25, 0.3) is 5.69 Å². The Kier molecular flexibility index (Phi) is 3.84. The van der Waals surface area contributed by atoms with E-state index in [1.807, 2.05) is 20.8 Å². The minimum atomic E-state index is -0.827. The maximum atomic E-state index is 12.3. The van der Waals surface area contributed by atoms with Crippen LogP contribution in [-0.2, 0) is 12.5 Å². The smallest absolute Gasteiger partial charge is 0.340 e. The molecule has 1 aromatic heterocycles. The number of H-pyrrole nitrogens is 1. The minimum Gasteiger partial charge on any atom is -0.507 e. The Hall–Kier alpha value is -2.57. The average molecular weight is 319 g/mol. The Morgan fingerprint density at radius 2 is 1.65 bits per heavy atom. The van der Waals surface area contributed by atoms with Crippen molar-refractivity contribution in [1.82, 2.24) is 14.1 Å². The zero-order valence-electron chi connectivity index (χ0n) is 14.1. The van der Waals surface area contributed by atoms with E-state index in [1.165, 1.54) is 7.05 Å². The molecule has 0 saturated heterocycles. The number of hydrogen-bond acceptors (Lipinski definition) is 4. The molecule has 0 aliphatic heterocycles. The molecular formula is C16H21N3O4. The predicted octanol–water partition coefficient (Wildman–Crippen LogP) is 0.844. The lowest BCUT2D eigenvalue weighted by molar-refractivity contribution is 0.441. The molecule has 0 bridgehead atoms. The first-order valence-electron chi connectivity index (χ1n) is 7.23. The first kappa shape index (κ1) is 16.8. The number of nitrogens with one attached hydrogen (secondary N) is 1. The molecule has 2 rings (SSSR count). The molecule has 124 valence electrons. The van der Waals surface area contributed by atoms with E-state index >= 15 is 0 Å². The zero-order chi connectivity index (χ0) is 17.7. The van der Waals surface area contributed by atoms with Gasteiger partial charge in [0.2, 0.25) is 0 Å². The van der Waals surface area contributed by atoms with Gasteiger partial charge < -0.3 is 5.11 Å². The number of aromatic amines is 1. The molecule has 0 aliphatic carbocycles. The maximum Gasteiger partial charge on any atom is 0.340 e. The van der Waals surface area contributed by atoms with Crippen LogP contribution in [0.15, 0.2) is 20.4 Å². The van der Waals surface area contributed by atoms with E-state index in [-0.39, 0.29) is 16.9 Å². The summed E-state index contributed by atoms with van der Waals surface area (Å²) in [7, 11) is 1.28. The third kappa shape index (κ3) is 2.62. The summed E-state index contributed by atoms with van der Waals surface area (Å²) in [6.07, 6.45) is 0. The second-order valence-electron chi connectivity index (χ2n) is 6.73. The first-order valence-corrected chi connectivity index (χ1v) is 7.23. The molecule has 0 spiro atoms. The maximum absolute atomic E-state index is 12.3. The highest BCUT2D eigenvalue weighted by Crippen LogP contribution is 2.37. The van der Waals surface area contributed by atoms with Gasteiger partial charge in [-0.15, -0.1) is 0 Å². The van der Waals surface area contributed by atoms with Gasteiger partial charge in [-0.2, -0.15) is 0 Å². The lowest BCUT2D eigenvalue weighted by atomic mass is 9.83. The van der Waals surface area contributed by atoms with Crippen LogP contribution in [-0.4, -0.2) is 19.2 Å². The summed E-state index contributed by atoms with van der Waals surface area (Å²) in [4.78, 5) is 38.1. The SMILES string of the molecule is Cc1cc(C(C)(C)C)c(O)c(C)c1-n1c(=O)[nH]c(=O)n(C)c1=O. The molecule has 0 radical (unpaired) electrons. The van der Waals surface area contributed by atoms with Gasteiger partial charge in [0, 0.05) is 12.6 Å². The molecule has 0 unspecified atom stereocenters. The molecule has 2 N–H and O–H groups in total. The van der Waals surface area contributed by atoms with E-state index in [0.717, 1.165) is 14.7 Å². The third-order valence-electron chi connectivity index (χ3n) is 3.93. The standard InChI is InChI=1S/C16H21N3O4/c1-8-7-10(16(3,4)5)12(20)9(2)11(8)19-14(22)17-13(21)18(6)15(19)23/h7,20H,1-6H3,(H,17,21,22). The molecule has 7 heteroatoms. The second-order valence-corrected chi connectivity index (χ2v) is 6.73. The van der Waals surface area contributed by atoms with Crippen molar-refractivity contribution in [3.05, 3.63) is 54.2 Å². The number of benzene rings is 1. The Labute approximate surface area is 132 Å². The van der Waals surface area contributed by atoms with E-state index in [4.69, 9.17) is 0 Å². The van der Waals surface area contributed by atoms with Crippen LogP contribution >= 0.6 is 0 Å². The molecule has 23 heavy (non-hydrogen) atoms. The van der Waals surface area contributed by atoms with Crippen LogP contribution in [0, 0.1) is 13.8 Å². The molecule has 0 aliphatic rings. The summed E-state index contributed by atoms with van der Waals surface area (Å²) < 4.78 is 1.69. The number of nitrogens with zero attached hydrogens (tertiary/aromatic N) is 2. The number of phenols is 1.